The quantitative estimate of drug-likeness (QED) is 0.173. The summed E-state index contributed by atoms with van der Waals surface area (Å²) in [6.07, 6.45) is 26.9. The predicted octanol–water partition coefficient (Wildman–Crippen LogP) is 8.55. The summed E-state index contributed by atoms with van der Waals surface area (Å²) in [5.74, 6) is 0. The highest BCUT2D eigenvalue weighted by atomic mass is 31.2. The lowest BCUT2D eigenvalue weighted by molar-refractivity contribution is 0.572. The van der Waals surface area contributed by atoms with Gasteiger partial charge < -0.3 is 0 Å². The molecule has 0 atom stereocenters. The van der Waals surface area contributed by atoms with Crippen molar-refractivity contribution < 1.29 is 0 Å². The molecule has 0 nitrogen and oxygen atoms in total. The maximum atomic E-state index is 2.42. The zero-order valence-electron chi connectivity index (χ0n) is 17.2. The second-order valence-corrected chi connectivity index (χ2v) is 12.2. The zero-order valence-corrected chi connectivity index (χ0v) is 18.1. The Balaban J connectivity index is 3.96. The molecule has 0 aromatic rings. The smallest absolute Gasteiger partial charge is 0.0594 e. The lowest BCUT2D eigenvalue weighted by atomic mass is 10.1. The van der Waals surface area contributed by atoms with Crippen molar-refractivity contribution in [2.45, 2.75) is 118 Å². The van der Waals surface area contributed by atoms with Crippen molar-refractivity contribution in [3.63, 3.8) is 0 Å². The summed E-state index contributed by atoms with van der Waals surface area (Å²) >= 11 is 0. The highest BCUT2D eigenvalue weighted by molar-refractivity contribution is 7.75. The van der Waals surface area contributed by atoms with E-state index in [0.29, 0.717) is 0 Å². The van der Waals surface area contributed by atoms with Gasteiger partial charge in [-0.1, -0.05) is 85.5 Å². The largest absolute Gasteiger partial charge is 0.0654 e. The Morgan fingerprint density at radius 1 is 0.348 bits per heavy atom. The van der Waals surface area contributed by atoms with Gasteiger partial charge in [-0.15, -0.1) is 0 Å². The van der Waals surface area contributed by atoms with Gasteiger partial charge in [-0.2, -0.15) is 0 Å². The summed E-state index contributed by atoms with van der Waals surface area (Å²) in [6, 6.07) is 0. The molecule has 0 saturated carbocycles. The fraction of sp³-hybridized carbons (Fsp3) is 1.00. The molecule has 0 aliphatic heterocycles. The fourth-order valence-electron chi connectivity index (χ4n) is 3.89. The van der Waals surface area contributed by atoms with Crippen LogP contribution in [0.3, 0.4) is 0 Å². The van der Waals surface area contributed by atoms with Crippen LogP contribution in [0.5, 0.6) is 0 Å². The Morgan fingerprint density at radius 3 is 1.17 bits per heavy atom. The molecule has 23 heavy (non-hydrogen) atoms. The molecule has 1 heteroatoms. The van der Waals surface area contributed by atoms with E-state index >= 15 is 0 Å². The average molecular weight is 344 g/mol. The minimum atomic E-state index is -0.600. The molecular formula is C22H48P+. The van der Waals surface area contributed by atoms with Crippen molar-refractivity contribution in [1.29, 1.82) is 0 Å². The summed E-state index contributed by atoms with van der Waals surface area (Å²) in [4.78, 5) is 0. The molecule has 0 heterocycles. The summed E-state index contributed by atoms with van der Waals surface area (Å²) in [6.45, 7) is 9.48. The first-order valence-corrected chi connectivity index (χ1v) is 13.6. The number of unbranched alkanes of at least 4 members (excludes halogenated alkanes) is 10. The predicted molar refractivity (Wildman–Crippen MR) is 114 cm³/mol. The van der Waals surface area contributed by atoms with Crippen LogP contribution in [0.1, 0.15) is 118 Å². The van der Waals surface area contributed by atoms with Crippen LogP contribution in [0.15, 0.2) is 0 Å². The van der Waals surface area contributed by atoms with E-state index in [9.17, 15) is 0 Å². The zero-order chi connectivity index (χ0) is 17.2. The molecule has 0 N–H and O–H groups in total. The Hall–Kier alpha value is 0.430. The Labute approximate surface area is 149 Å². The van der Waals surface area contributed by atoms with Crippen LogP contribution < -0.4 is 0 Å². The molecule has 0 aliphatic rings. The second-order valence-electron chi connectivity index (χ2n) is 7.77. The molecule has 0 unspecified atom stereocenters. The Kier molecular flexibility index (Phi) is 17.6. The normalized spacial score (nSPS) is 12.0. The van der Waals surface area contributed by atoms with E-state index in [0.717, 1.165) is 0 Å². The highest BCUT2D eigenvalue weighted by Crippen LogP contribution is 2.61. The Morgan fingerprint density at radius 2 is 0.739 bits per heavy atom. The van der Waals surface area contributed by atoms with Gasteiger partial charge >= 0.3 is 0 Å². The molecular weight excluding hydrogens is 295 g/mol. The molecule has 0 aliphatic carbocycles. The molecule has 140 valence electrons. The van der Waals surface area contributed by atoms with Gasteiger partial charge in [0, 0.05) is 7.26 Å². The van der Waals surface area contributed by atoms with Gasteiger partial charge in [-0.3, -0.25) is 0 Å². The van der Waals surface area contributed by atoms with Gasteiger partial charge in [-0.25, -0.2) is 0 Å². The molecule has 0 spiro atoms. The minimum absolute atomic E-state index is 0.600. The first-order valence-electron chi connectivity index (χ1n) is 11.1. The van der Waals surface area contributed by atoms with Crippen molar-refractivity contribution >= 4 is 7.26 Å². The highest BCUT2D eigenvalue weighted by Gasteiger charge is 2.34. The van der Waals surface area contributed by atoms with E-state index in [4.69, 9.17) is 0 Å². The van der Waals surface area contributed by atoms with E-state index in [1.54, 1.807) is 24.6 Å². The fourth-order valence-corrected chi connectivity index (χ4v) is 9.05. The lowest BCUT2D eigenvalue weighted by Gasteiger charge is -2.27. The van der Waals surface area contributed by atoms with E-state index in [1.807, 2.05) is 0 Å². The Bertz CT molecular complexity index is 216. The molecule has 0 rings (SSSR count). The van der Waals surface area contributed by atoms with Crippen molar-refractivity contribution in [1.82, 2.24) is 0 Å². The van der Waals surface area contributed by atoms with Crippen LogP contribution in [0.25, 0.3) is 0 Å². The third-order valence-corrected chi connectivity index (χ3v) is 10.6. The molecule has 0 saturated heterocycles. The number of rotatable bonds is 18. The van der Waals surface area contributed by atoms with E-state index in [2.05, 4.69) is 27.7 Å². The minimum Gasteiger partial charge on any atom is -0.0654 e. The molecule has 0 fully saturated rings. The van der Waals surface area contributed by atoms with Crippen LogP contribution in [0.2, 0.25) is 0 Å². The van der Waals surface area contributed by atoms with Crippen LogP contribution in [0.4, 0.5) is 0 Å². The van der Waals surface area contributed by atoms with Crippen molar-refractivity contribution in [2.24, 2.45) is 0 Å². The van der Waals surface area contributed by atoms with Gasteiger partial charge in [0.05, 0.1) is 24.6 Å². The average Bonchev–Trinajstić information content (AvgIpc) is 2.56. The molecule has 0 aromatic heterocycles. The van der Waals surface area contributed by atoms with Crippen LogP contribution in [-0.4, -0.2) is 24.6 Å². The summed E-state index contributed by atoms with van der Waals surface area (Å²) in [5.41, 5.74) is 0. The first kappa shape index (κ1) is 23.4. The second kappa shape index (κ2) is 17.3. The number of hydrogen-bond acceptors (Lipinski definition) is 0. The molecule has 0 bridgehead atoms. The molecule has 0 radical (unpaired) electrons. The summed E-state index contributed by atoms with van der Waals surface area (Å²) in [5, 5.41) is 0. The maximum Gasteiger partial charge on any atom is 0.0594 e. The van der Waals surface area contributed by atoms with Crippen molar-refractivity contribution in [3.8, 4) is 0 Å². The van der Waals surface area contributed by atoms with Crippen molar-refractivity contribution in [2.75, 3.05) is 24.6 Å². The van der Waals surface area contributed by atoms with Crippen LogP contribution in [0, 0.1) is 0 Å². The topological polar surface area (TPSA) is 0 Å². The van der Waals surface area contributed by atoms with Gasteiger partial charge in [-0.05, 0) is 32.1 Å². The van der Waals surface area contributed by atoms with Crippen LogP contribution in [-0.2, 0) is 0 Å². The van der Waals surface area contributed by atoms with Gasteiger partial charge in [0.15, 0.2) is 0 Å². The van der Waals surface area contributed by atoms with E-state index in [1.165, 1.54) is 89.9 Å². The first-order chi connectivity index (χ1) is 11.2. The SMILES string of the molecule is CCCCCCCCCCC[P+](CCC)(CCCC)CCCC. The third kappa shape index (κ3) is 13.4. The maximum absolute atomic E-state index is 2.42. The van der Waals surface area contributed by atoms with E-state index < -0.39 is 7.26 Å². The van der Waals surface area contributed by atoms with Gasteiger partial charge in [0.2, 0.25) is 0 Å². The van der Waals surface area contributed by atoms with Crippen LogP contribution >= 0.6 is 7.26 Å². The van der Waals surface area contributed by atoms with E-state index in [-0.39, 0.29) is 0 Å². The summed E-state index contributed by atoms with van der Waals surface area (Å²) in [7, 11) is -0.600. The monoisotopic (exact) mass is 343 g/mol. The lowest BCUT2D eigenvalue weighted by Crippen LogP contribution is -2.12. The third-order valence-electron chi connectivity index (χ3n) is 5.41. The van der Waals surface area contributed by atoms with Gasteiger partial charge in [0.1, 0.15) is 0 Å². The van der Waals surface area contributed by atoms with Gasteiger partial charge in [0.25, 0.3) is 0 Å². The summed E-state index contributed by atoms with van der Waals surface area (Å²) < 4.78 is 0. The standard InChI is InChI=1S/C22H48P/c1-5-9-12-13-14-15-16-17-18-22-23(19-8-4,20-10-6-2)21-11-7-3/h5-22H2,1-4H3/q+1. The molecule has 0 amide bonds. The number of hydrogen-bond donors (Lipinski definition) is 0. The molecule has 0 aromatic carbocycles. The van der Waals surface area contributed by atoms with Crippen molar-refractivity contribution in [3.05, 3.63) is 0 Å².